The van der Waals surface area contributed by atoms with Crippen LogP contribution in [0.2, 0.25) is 0 Å². The maximum atomic E-state index is 2.47. The van der Waals surface area contributed by atoms with Crippen LogP contribution in [0.25, 0.3) is 0 Å². The molecule has 8 heteroatoms. The second-order valence-electron chi connectivity index (χ2n) is 2.80. The quantitative estimate of drug-likeness (QED) is 0.280. The van der Waals surface area contributed by atoms with Crippen molar-refractivity contribution < 1.29 is 0 Å². The van der Waals surface area contributed by atoms with Crippen molar-refractivity contribution in [1.29, 1.82) is 0 Å². The van der Waals surface area contributed by atoms with E-state index in [0.29, 0.717) is 29.9 Å². The van der Waals surface area contributed by atoms with Crippen molar-refractivity contribution in [3.8, 4) is 0 Å². The minimum absolute atomic E-state index is 0.668. The van der Waals surface area contributed by atoms with Gasteiger partial charge in [-0.05, 0) is 0 Å². The van der Waals surface area contributed by atoms with Crippen molar-refractivity contribution in [3.63, 3.8) is 0 Å². The van der Waals surface area contributed by atoms with Crippen LogP contribution in [0.5, 0.6) is 0 Å². The van der Waals surface area contributed by atoms with Gasteiger partial charge in [0.25, 0.3) is 0 Å². The van der Waals surface area contributed by atoms with Gasteiger partial charge in [0, 0.05) is 0 Å². The van der Waals surface area contributed by atoms with Crippen LogP contribution in [-0.4, -0.2) is 41.4 Å². The van der Waals surface area contributed by atoms with Gasteiger partial charge in [-0.1, -0.05) is 0 Å². The average molecular weight is 640 g/mol. The molecule has 0 saturated carbocycles. The number of hydrogen-bond acceptors (Lipinski definition) is 4. The van der Waals surface area contributed by atoms with Gasteiger partial charge < -0.3 is 0 Å². The zero-order chi connectivity index (χ0) is 11.1. The molecule has 0 aromatic carbocycles. The monoisotopic (exact) mass is 642 g/mol. The predicted molar refractivity (Wildman–Crippen MR) is 101 cm³/mol. The zero-order valence-electron chi connectivity index (χ0n) is 7.62. The van der Waals surface area contributed by atoms with Crippen molar-refractivity contribution in [1.82, 2.24) is 0 Å². The molecule has 86 valence electrons. The van der Waals surface area contributed by atoms with E-state index in [2.05, 4.69) is 68.7 Å². The molecule has 3 heterocycles. The standard InChI is InChI=1S/C8H4I2S4Se2/c9-3-4(10)14-5(13-3)8-15-6-7(16-8)12-2-1-11-6/h1-2H2. The van der Waals surface area contributed by atoms with Gasteiger partial charge in [0.15, 0.2) is 0 Å². The third kappa shape index (κ3) is 3.06. The van der Waals surface area contributed by atoms with Crippen LogP contribution >= 0.6 is 92.2 Å². The molecule has 0 atom stereocenters. The molecular formula is C8H4I2S4Se2. The van der Waals surface area contributed by atoms with Gasteiger partial charge in [0.1, 0.15) is 0 Å². The summed E-state index contributed by atoms with van der Waals surface area (Å²) in [6.45, 7) is 0. The molecule has 0 fully saturated rings. The Balaban J connectivity index is 1.79. The summed E-state index contributed by atoms with van der Waals surface area (Å²) in [6, 6.07) is 0. The molecule has 0 N–H and O–H groups in total. The molecule has 0 radical (unpaired) electrons. The van der Waals surface area contributed by atoms with E-state index < -0.39 is 0 Å². The first kappa shape index (κ1) is 14.1. The molecule has 0 nitrogen and oxygen atoms in total. The second-order valence-corrected chi connectivity index (χ2v) is 17.7. The molecule has 3 rings (SSSR count). The first-order valence-corrected chi connectivity index (χ1v) is 13.4. The van der Waals surface area contributed by atoms with E-state index in [1.54, 1.807) is 15.2 Å². The molecule has 3 aliphatic heterocycles. The summed E-state index contributed by atoms with van der Waals surface area (Å²) in [6.07, 6.45) is 0. The van der Waals surface area contributed by atoms with Gasteiger partial charge in [-0.25, -0.2) is 0 Å². The fraction of sp³-hybridized carbons (Fsp3) is 0.250. The van der Waals surface area contributed by atoms with Gasteiger partial charge in [0.2, 0.25) is 0 Å². The van der Waals surface area contributed by atoms with Gasteiger partial charge in [-0.2, -0.15) is 0 Å². The van der Waals surface area contributed by atoms with Crippen LogP contribution in [0.1, 0.15) is 0 Å². The second kappa shape index (κ2) is 6.26. The molecular weight excluding hydrogens is 636 g/mol. The molecule has 0 aromatic rings. The van der Waals surface area contributed by atoms with E-state index in [9.17, 15) is 0 Å². The van der Waals surface area contributed by atoms with Crippen molar-refractivity contribution >= 4 is 122 Å². The topological polar surface area (TPSA) is 0 Å². The Morgan fingerprint density at radius 2 is 1.38 bits per heavy atom. The summed E-state index contributed by atoms with van der Waals surface area (Å²) in [5.41, 5.74) is 0. The van der Waals surface area contributed by atoms with E-state index in [1.165, 1.54) is 17.3 Å². The van der Waals surface area contributed by atoms with E-state index >= 15 is 0 Å². The summed E-state index contributed by atoms with van der Waals surface area (Å²) < 4.78 is 9.87. The SMILES string of the molecule is IC1=C(I)SC(=C2[Se]C3=C(SCCS3)[Se]2)S1. The van der Waals surface area contributed by atoms with E-state index in [1.807, 2.05) is 23.5 Å². The van der Waals surface area contributed by atoms with Crippen LogP contribution in [0.15, 0.2) is 21.0 Å². The molecule has 0 unspecified atom stereocenters. The molecule has 0 saturated heterocycles. The normalized spacial score (nSPS) is 25.9. The molecule has 16 heavy (non-hydrogen) atoms. The summed E-state index contributed by atoms with van der Waals surface area (Å²) in [5, 5.41) is 0. The minimum atomic E-state index is 0.668. The third-order valence-corrected chi connectivity index (χ3v) is 20.1. The Morgan fingerprint density at radius 3 is 1.88 bits per heavy atom. The first-order valence-electron chi connectivity index (χ1n) is 4.25. The van der Waals surface area contributed by atoms with E-state index in [-0.39, 0.29) is 0 Å². The molecule has 0 amide bonds. The Hall–Kier alpha value is 3.12. The third-order valence-electron chi connectivity index (χ3n) is 1.77. The van der Waals surface area contributed by atoms with E-state index in [0.717, 1.165) is 0 Å². The number of hydrogen-bond donors (Lipinski definition) is 0. The summed E-state index contributed by atoms with van der Waals surface area (Å²) >= 11 is 14.5. The fourth-order valence-corrected chi connectivity index (χ4v) is 19.0. The van der Waals surface area contributed by atoms with Crippen molar-refractivity contribution in [2.45, 2.75) is 0 Å². The number of rotatable bonds is 0. The van der Waals surface area contributed by atoms with Crippen LogP contribution < -0.4 is 0 Å². The fourth-order valence-electron chi connectivity index (χ4n) is 1.15. The Morgan fingerprint density at radius 1 is 0.875 bits per heavy atom. The first-order chi connectivity index (χ1) is 7.74. The van der Waals surface area contributed by atoms with Gasteiger partial charge >= 0.3 is 155 Å². The van der Waals surface area contributed by atoms with Crippen molar-refractivity contribution in [2.24, 2.45) is 0 Å². The van der Waals surface area contributed by atoms with E-state index in [4.69, 9.17) is 0 Å². The van der Waals surface area contributed by atoms with Crippen molar-refractivity contribution in [3.05, 3.63) is 21.0 Å². The van der Waals surface area contributed by atoms with Crippen LogP contribution in [0.3, 0.4) is 0 Å². The van der Waals surface area contributed by atoms with Crippen LogP contribution in [-0.2, 0) is 0 Å². The van der Waals surface area contributed by atoms with Crippen molar-refractivity contribution in [2.75, 3.05) is 11.5 Å². The zero-order valence-corrected chi connectivity index (χ0v) is 18.6. The summed E-state index contributed by atoms with van der Waals surface area (Å²) in [7, 11) is 0. The Kier molecular flexibility index (Phi) is 5.51. The Bertz CT molecular complexity index is 407. The maximum absolute atomic E-state index is 2.47. The summed E-state index contributed by atoms with van der Waals surface area (Å²) in [5.74, 6) is 2.66. The summed E-state index contributed by atoms with van der Waals surface area (Å²) in [4.78, 5) is 0. The predicted octanol–water partition coefficient (Wildman–Crippen LogP) is 4.62. The van der Waals surface area contributed by atoms with Gasteiger partial charge in [-0.15, -0.1) is 0 Å². The van der Waals surface area contributed by atoms with Gasteiger partial charge in [-0.3, -0.25) is 0 Å². The molecule has 3 aliphatic rings. The average Bonchev–Trinajstić information content (AvgIpc) is 2.83. The molecule has 0 bridgehead atoms. The van der Waals surface area contributed by atoms with Crippen LogP contribution in [0, 0.1) is 0 Å². The number of halogens is 2. The number of thioether (sulfide) groups is 4. The van der Waals surface area contributed by atoms with Crippen LogP contribution in [0.4, 0.5) is 0 Å². The molecule has 0 aliphatic carbocycles. The molecule has 0 spiro atoms. The molecule has 0 aromatic heterocycles. The Labute approximate surface area is 152 Å². The van der Waals surface area contributed by atoms with Gasteiger partial charge in [0.05, 0.1) is 0 Å².